The highest BCUT2D eigenvalue weighted by Crippen LogP contribution is 2.28. The van der Waals surface area contributed by atoms with Crippen molar-refractivity contribution in [2.75, 3.05) is 21.3 Å². The van der Waals surface area contributed by atoms with Gasteiger partial charge < -0.3 is 30.0 Å². The number of rotatable bonds is 9. The molecule has 3 N–H and O–H groups in total. The average molecular weight is 395 g/mol. The minimum absolute atomic E-state index is 0.0380. The molecule has 0 spiro atoms. The van der Waals surface area contributed by atoms with Crippen LogP contribution in [0.15, 0.2) is 41.4 Å². The van der Waals surface area contributed by atoms with E-state index in [4.69, 9.17) is 19.9 Å². The molecule has 0 unspecified atom stereocenters. The molecule has 0 saturated heterocycles. The third kappa shape index (κ3) is 5.90. The Balaban J connectivity index is 2.04. The number of halogens is 2. The zero-order chi connectivity index (χ0) is 20.5. The fraction of sp³-hybridized carbons (Fsp3) is 0.316. The molecule has 0 aliphatic heterocycles. The standard InChI is InChI=1S/C19H23F2N3O4/c1-25-14-5-7-15(28-18(20)21)13(9-14)11-24-19(22)23-10-12-4-6-16(26-2)17(8-12)27-3/h4-9,18H,10-11H2,1-3H3,(H3,22,23,24). The Morgan fingerprint density at radius 3 is 2.36 bits per heavy atom. The second-order valence-corrected chi connectivity index (χ2v) is 5.60. The molecule has 0 aromatic heterocycles. The van der Waals surface area contributed by atoms with Gasteiger partial charge in [0.05, 0.1) is 27.9 Å². The fourth-order valence-corrected chi connectivity index (χ4v) is 2.43. The predicted octanol–water partition coefficient (Wildman–Crippen LogP) is 2.92. The normalized spacial score (nSPS) is 11.3. The number of guanidine groups is 1. The molecule has 0 aliphatic rings. The minimum Gasteiger partial charge on any atom is -0.497 e. The molecule has 0 atom stereocenters. The maximum atomic E-state index is 12.6. The molecule has 0 saturated carbocycles. The monoisotopic (exact) mass is 395 g/mol. The van der Waals surface area contributed by atoms with Crippen molar-refractivity contribution in [2.24, 2.45) is 10.7 Å². The molecule has 152 valence electrons. The third-order valence-electron chi connectivity index (χ3n) is 3.82. The highest BCUT2D eigenvalue weighted by Gasteiger charge is 2.11. The van der Waals surface area contributed by atoms with Gasteiger partial charge in [-0.1, -0.05) is 6.07 Å². The van der Waals surface area contributed by atoms with Crippen LogP contribution in [-0.2, 0) is 13.1 Å². The largest absolute Gasteiger partial charge is 0.497 e. The van der Waals surface area contributed by atoms with Gasteiger partial charge in [0, 0.05) is 12.1 Å². The summed E-state index contributed by atoms with van der Waals surface area (Å²) in [6.45, 7) is -2.48. The maximum absolute atomic E-state index is 12.6. The van der Waals surface area contributed by atoms with Crippen molar-refractivity contribution in [1.82, 2.24) is 5.32 Å². The molecule has 0 heterocycles. The Hall–Kier alpha value is -3.23. The number of nitrogens with one attached hydrogen (secondary N) is 1. The summed E-state index contributed by atoms with van der Waals surface area (Å²) in [6.07, 6.45) is 0. The highest BCUT2D eigenvalue weighted by molar-refractivity contribution is 5.77. The molecule has 0 fully saturated rings. The molecule has 2 rings (SSSR count). The van der Waals surface area contributed by atoms with E-state index < -0.39 is 6.61 Å². The summed E-state index contributed by atoms with van der Waals surface area (Å²) in [4.78, 5) is 4.24. The molecule has 0 amide bonds. The Morgan fingerprint density at radius 2 is 1.71 bits per heavy atom. The number of aliphatic imine (C=N–C) groups is 1. The third-order valence-corrected chi connectivity index (χ3v) is 3.82. The van der Waals surface area contributed by atoms with Crippen LogP contribution in [0.3, 0.4) is 0 Å². The van der Waals surface area contributed by atoms with Gasteiger partial charge in [-0.3, -0.25) is 0 Å². The van der Waals surface area contributed by atoms with Crippen molar-refractivity contribution in [2.45, 2.75) is 19.7 Å². The van der Waals surface area contributed by atoms with E-state index in [2.05, 4.69) is 15.0 Å². The van der Waals surface area contributed by atoms with E-state index in [0.717, 1.165) is 5.56 Å². The molecule has 0 aliphatic carbocycles. The van der Waals surface area contributed by atoms with Gasteiger partial charge in [0.1, 0.15) is 11.5 Å². The Morgan fingerprint density at radius 1 is 1.00 bits per heavy atom. The number of hydrogen-bond acceptors (Lipinski definition) is 5. The fourth-order valence-electron chi connectivity index (χ4n) is 2.43. The number of hydrogen-bond donors (Lipinski definition) is 2. The van der Waals surface area contributed by atoms with Gasteiger partial charge in [-0.2, -0.15) is 8.78 Å². The van der Waals surface area contributed by atoms with Gasteiger partial charge >= 0.3 is 6.61 Å². The molecule has 28 heavy (non-hydrogen) atoms. The number of nitrogens with zero attached hydrogens (tertiary/aromatic N) is 1. The predicted molar refractivity (Wildman–Crippen MR) is 101 cm³/mol. The van der Waals surface area contributed by atoms with E-state index in [9.17, 15) is 8.78 Å². The zero-order valence-electron chi connectivity index (χ0n) is 15.9. The van der Waals surface area contributed by atoms with Crippen LogP contribution in [0, 0.1) is 0 Å². The minimum atomic E-state index is -2.93. The van der Waals surface area contributed by atoms with Crippen molar-refractivity contribution >= 4 is 5.96 Å². The topological polar surface area (TPSA) is 87.3 Å². The lowest BCUT2D eigenvalue weighted by Gasteiger charge is -2.13. The second-order valence-electron chi connectivity index (χ2n) is 5.60. The van der Waals surface area contributed by atoms with Gasteiger partial charge in [0.2, 0.25) is 0 Å². The molecular weight excluding hydrogens is 372 g/mol. The Labute approximate surface area is 162 Å². The summed E-state index contributed by atoms with van der Waals surface area (Å²) in [5.41, 5.74) is 7.21. The molecule has 9 heteroatoms. The van der Waals surface area contributed by atoms with Crippen LogP contribution >= 0.6 is 0 Å². The molecule has 7 nitrogen and oxygen atoms in total. The number of alkyl halides is 2. The summed E-state index contributed by atoms with van der Waals surface area (Å²) in [6, 6.07) is 9.96. The second kappa shape index (κ2) is 10.2. The number of nitrogens with two attached hydrogens (primary N) is 1. The summed E-state index contributed by atoms with van der Waals surface area (Å²) < 4.78 is 45.2. The first-order valence-electron chi connectivity index (χ1n) is 8.33. The lowest BCUT2D eigenvalue weighted by Crippen LogP contribution is -2.31. The van der Waals surface area contributed by atoms with Crippen LogP contribution in [0.25, 0.3) is 0 Å². The van der Waals surface area contributed by atoms with Gasteiger partial charge in [0.25, 0.3) is 0 Å². The van der Waals surface area contributed by atoms with Crippen LogP contribution in [0.2, 0.25) is 0 Å². The van der Waals surface area contributed by atoms with Crippen molar-refractivity contribution in [3.8, 4) is 23.0 Å². The highest BCUT2D eigenvalue weighted by atomic mass is 19.3. The first-order valence-corrected chi connectivity index (χ1v) is 8.33. The van der Waals surface area contributed by atoms with Gasteiger partial charge in [0.15, 0.2) is 17.5 Å². The van der Waals surface area contributed by atoms with Crippen molar-refractivity contribution in [3.63, 3.8) is 0 Å². The van der Waals surface area contributed by atoms with E-state index in [-0.39, 0.29) is 18.3 Å². The molecule has 2 aromatic rings. The van der Waals surface area contributed by atoms with E-state index >= 15 is 0 Å². The number of ether oxygens (including phenoxy) is 4. The van der Waals surface area contributed by atoms with E-state index in [1.807, 2.05) is 6.07 Å². The average Bonchev–Trinajstić information content (AvgIpc) is 2.70. The molecule has 2 aromatic carbocycles. The van der Waals surface area contributed by atoms with Crippen LogP contribution in [0.1, 0.15) is 11.1 Å². The SMILES string of the molecule is COc1ccc(OC(F)F)c(CNC(N)=NCc2ccc(OC)c(OC)c2)c1. The smallest absolute Gasteiger partial charge is 0.387 e. The number of methoxy groups -OCH3 is 3. The van der Waals surface area contributed by atoms with E-state index in [0.29, 0.717) is 29.4 Å². The quantitative estimate of drug-likeness (QED) is 0.502. The van der Waals surface area contributed by atoms with Crippen molar-refractivity contribution < 1.29 is 27.7 Å². The Bertz CT molecular complexity index is 816. The number of benzene rings is 2. The Kier molecular flexibility index (Phi) is 7.67. The first-order chi connectivity index (χ1) is 13.5. The lowest BCUT2D eigenvalue weighted by atomic mass is 10.2. The summed E-state index contributed by atoms with van der Waals surface area (Å²) in [5, 5.41) is 2.88. The molecular formula is C19H23F2N3O4. The van der Waals surface area contributed by atoms with Gasteiger partial charge in [-0.05, 0) is 35.9 Å². The van der Waals surface area contributed by atoms with Crippen LogP contribution < -0.4 is 30.0 Å². The maximum Gasteiger partial charge on any atom is 0.387 e. The van der Waals surface area contributed by atoms with Gasteiger partial charge in [-0.15, -0.1) is 0 Å². The summed E-state index contributed by atoms with van der Waals surface area (Å²) >= 11 is 0. The molecule has 0 radical (unpaired) electrons. The van der Waals surface area contributed by atoms with Crippen LogP contribution in [0.4, 0.5) is 8.78 Å². The van der Waals surface area contributed by atoms with Crippen LogP contribution in [-0.4, -0.2) is 33.9 Å². The van der Waals surface area contributed by atoms with Crippen LogP contribution in [0.5, 0.6) is 23.0 Å². The summed E-state index contributed by atoms with van der Waals surface area (Å²) in [5.74, 6) is 1.91. The molecule has 0 bridgehead atoms. The first kappa shape index (κ1) is 21.1. The zero-order valence-corrected chi connectivity index (χ0v) is 15.9. The summed E-state index contributed by atoms with van der Waals surface area (Å²) in [7, 11) is 4.59. The van der Waals surface area contributed by atoms with E-state index in [1.165, 1.54) is 19.2 Å². The van der Waals surface area contributed by atoms with Gasteiger partial charge in [-0.25, -0.2) is 4.99 Å². The lowest BCUT2D eigenvalue weighted by molar-refractivity contribution is -0.0504. The van der Waals surface area contributed by atoms with Crippen molar-refractivity contribution in [1.29, 1.82) is 0 Å². The van der Waals surface area contributed by atoms with Crippen molar-refractivity contribution in [3.05, 3.63) is 47.5 Å². The van der Waals surface area contributed by atoms with E-state index in [1.54, 1.807) is 32.4 Å².